The van der Waals surface area contributed by atoms with E-state index in [0.717, 1.165) is 11.8 Å². The standard InChI is InChI=1S/C6H14N2S.C5H13NS/c1-3-5-9-6-8-7-4-2;1-3-4-7-5-6-2/h4,8H,3,5-6H2,1-2H3;6H,3-5H2,1-2H3. The third-order valence-electron chi connectivity index (χ3n) is 1.33. The molecule has 0 radical (unpaired) electrons. The number of hydrazone groups is 1. The molecular formula is C11H27N3S2. The van der Waals surface area contributed by atoms with Crippen molar-refractivity contribution in [2.75, 3.05) is 30.3 Å². The number of nitrogens with zero attached hydrogens (tertiary/aromatic N) is 1. The van der Waals surface area contributed by atoms with Crippen molar-refractivity contribution in [3.05, 3.63) is 0 Å². The summed E-state index contributed by atoms with van der Waals surface area (Å²) < 4.78 is 0. The molecule has 0 unspecified atom stereocenters. The lowest BCUT2D eigenvalue weighted by molar-refractivity contribution is 0.876. The highest BCUT2D eigenvalue weighted by molar-refractivity contribution is 7.99. The molecular weight excluding hydrogens is 238 g/mol. The van der Waals surface area contributed by atoms with Gasteiger partial charge in [0.1, 0.15) is 0 Å². The van der Waals surface area contributed by atoms with E-state index >= 15 is 0 Å². The summed E-state index contributed by atoms with van der Waals surface area (Å²) in [7, 11) is 1.97. The van der Waals surface area contributed by atoms with Gasteiger partial charge in [0, 0.05) is 12.1 Å². The van der Waals surface area contributed by atoms with Gasteiger partial charge in [-0.15, -0.1) is 23.5 Å². The van der Waals surface area contributed by atoms with Crippen LogP contribution in [0.1, 0.15) is 33.6 Å². The summed E-state index contributed by atoms with van der Waals surface area (Å²) in [4.78, 5) is 0. The molecule has 2 N–H and O–H groups in total. The SMILES string of the molecule is CC=NNCSCCC.CCCSCNC. The van der Waals surface area contributed by atoms with Gasteiger partial charge in [0.25, 0.3) is 0 Å². The van der Waals surface area contributed by atoms with Crippen LogP contribution in [0.2, 0.25) is 0 Å². The predicted molar refractivity (Wildman–Crippen MR) is 81.6 cm³/mol. The molecule has 0 aromatic carbocycles. The summed E-state index contributed by atoms with van der Waals surface area (Å²) in [6.45, 7) is 6.27. The molecule has 3 nitrogen and oxygen atoms in total. The smallest absolute Gasteiger partial charge is 0.0784 e. The number of hydrogen-bond acceptors (Lipinski definition) is 5. The Balaban J connectivity index is 0. The van der Waals surface area contributed by atoms with E-state index in [0.29, 0.717) is 0 Å². The van der Waals surface area contributed by atoms with Crippen LogP contribution in [-0.4, -0.2) is 36.5 Å². The number of rotatable bonds is 9. The lowest BCUT2D eigenvalue weighted by Crippen LogP contribution is -2.03. The third-order valence-corrected chi connectivity index (χ3v) is 3.55. The molecule has 0 aliphatic carbocycles. The highest BCUT2D eigenvalue weighted by Gasteiger charge is 1.80. The molecule has 0 heterocycles. The molecule has 0 aliphatic rings. The lowest BCUT2D eigenvalue weighted by Gasteiger charge is -1.96. The van der Waals surface area contributed by atoms with Crippen molar-refractivity contribution in [1.29, 1.82) is 0 Å². The van der Waals surface area contributed by atoms with E-state index < -0.39 is 0 Å². The first kappa shape index (κ1) is 18.5. The Hall–Kier alpha value is 0.130. The average molecular weight is 265 g/mol. The first-order valence-corrected chi connectivity index (χ1v) is 8.14. The summed E-state index contributed by atoms with van der Waals surface area (Å²) >= 11 is 3.81. The Morgan fingerprint density at radius 3 is 2.06 bits per heavy atom. The molecule has 0 aromatic heterocycles. The Bertz CT molecular complexity index is 128. The van der Waals surface area contributed by atoms with Gasteiger partial charge in [0.2, 0.25) is 0 Å². The maximum atomic E-state index is 3.85. The van der Waals surface area contributed by atoms with Crippen molar-refractivity contribution in [2.45, 2.75) is 33.6 Å². The van der Waals surface area contributed by atoms with Gasteiger partial charge in [-0.25, -0.2) is 0 Å². The minimum atomic E-state index is 0.929. The van der Waals surface area contributed by atoms with Gasteiger partial charge in [-0.3, -0.25) is 0 Å². The van der Waals surface area contributed by atoms with E-state index in [-0.39, 0.29) is 0 Å². The van der Waals surface area contributed by atoms with E-state index in [2.05, 4.69) is 29.7 Å². The van der Waals surface area contributed by atoms with Gasteiger partial charge >= 0.3 is 0 Å². The van der Waals surface area contributed by atoms with Gasteiger partial charge in [0.15, 0.2) is 0 Å². The van der Waals surface area contributed by atoms with Crippen LogP contribution in [0.15, 0.2) is 5.10 Å². The molecule has 0 spiro atoms. The number of hydrogen-bond donors (Lipinski definition) is 2. The van der Waals surface area contributed by atoms with Crippen molar-refractivity contribution >= 4 is 29.7 Å². The molecule has 98 valence electrons. The normalized spacial score (nSPS) is 10.0. The number of nitrogens with one attached hydrogen (secondary N) is 2. The second-order valence-electron chi connectivity index (χ2n) is 3.00. The maximum Gasteiger partial charge on any atom is 0.0784 e. The van der Waals surface area contributed by atoms with Crippen LogP contribution < -0.4 is 10.7 Å². The van der Waals surface area contributed by atoms with Gasteiger partial charge < -0.3 is 10.7 Å². The fourth-order valence-corrected chi connectivity index (χ4v) is 1.95. The van der Waals surface area contributed by atoms with E-state index in [4.69, 9.17) is 0 Å². The van der Waals surface area contributed by atoms with Crippen LogP contribution in [0.4, 0.5) is 0 Å². The monoisotopic (exact) mass is 265 g/mol. The van der Waals surface area contributed by atoms with Crippen LogP contribution in [0, 0.1) is 0 Å². The summed E-state index contributed by atoms with van der Waals surface area (Å²) in [5, 5.41) is 6.91. The Labute approximate surface area is 110 Å². The molecule has 0 saturated carbocycles. The summed E-state index contributed by atoms with van der Waals surface area (Å²) in [6.07, 6.45) is 4.28. The molecule has 0 atom stereocenters. The molecule has 5 heteroatoms. The average Bonchev–Trinajstić information content (AvgIpc) is 2.31. The summed E-state index contributed by atoms with van der Waals surface area (Å²) in [5.41, 5.74) is 2.90. The summed E-state index contributed by atoms with van der Waals surface area (Å²) in [6, 6.07) is 0. The third kappa shape index (κ3) is 23.7. The van der Waals surface area contributed by atoms with E-state index in [1.165, 1.54) is 24.3 Å². The second kappa shape index (κ2) is 20.5. The van der Waals surface area contributed by atoms with Crippen molar-refractivity contribution in [1.82, 2.24) is 10.7 Å². The molecule has 0 aliphatic heterocycles. The van der Waals surface area contributed by atoms with E-state index in [1.807, 2.05) is 37.5 Å². The predicted octanol–water partition coefficient (Wildman–Crippen LogP) is 2.99. The largest absolute Gasteiger partial charge is 0.311 e. The molecule has 0 rings (SSSR count). The highest BCUT2D eigenvalue weighted by Crippen LogP contribution is 1.97. The van der Waals surface area contributed by atoms with Gasteiger partial charge in [-0.2, -0.15) is 5.10 Å². The zero-order valence-electron chi connectivity index (χ0n) is 11.1. The fraction of sp³-hybridized carbons (Fsp3) is 0.909. The van der Waals surface area contributed by atoms with Crippen molar-refractivity contribution < 1.29 is 0 Å². The zero-order valence-corrected chi connectivity index (χ0v) is 12.7. The Morgan fingerprint density at radius 2 is 1.62 bits per heavy atom. The molecule has 0 amide bonds. The fourth-order valence-electron chi connectivity index (χ4n) is 0.709. The van der Waals surface area contributed by atoms with Gasteiger partial charge in [-0.05, 0) is 38.3 Å². The van der Waals surface area contributed by atoms with Crippen molar-refractivity contribution in [2.24, 2.45) is 5.10 Å². The van der Waals surface area contributed by atoms with Crippen LogP contribution >= 0.6 is 23.5 Å². The maximum absolute atomic E-state index is 3.85. The molecule has 0 saturated heterocycles. The Morgan fingerprint density at radius 1 is 1.06 bits per heavy atom. The first-order valence-electron chi connectivity index (χ1n) is 5.84. The topological polar surface area (TPSA) is 36.4 Å². The van der Waals surface area contributed by atoms with Gasteiger partial charge in [-0.1, -0.05) is 13.8 Å². The minimum Gasteiger partial charge on any atom is -0.311 e. The van der Waals surface area contributed by atoms with Crippen LogP contribution in [-0.2, 0) is 0 Å². The van der Waals surface area contributed by atoms with Crippen LogP contribution in [0.5, 0.6) is 0 Å². The number of thioether (sulfide) groups is 2. The highest BCUT2D eigenvalue weighted by atomic mass is 32.2. The van der Waals surface area contributed by atoms with Crippen molar-refractivity contribution in [3.63, 3.8) is 0 Å². The van der Waals surface area contributed by atoms with Crippen molar-refractivity contribution in [3.8, 4) is 0 Å². The van der Waals surface area contributed by atoms with Gasteiger partial charge in [0.05, 0.1) is 5.88 Å². The molecule has 16 heavy (non-hydrogen) atoms. The lowest BCUT2D eigenvalue weighted by atomic mass is 10.6. The summed E-state index contributed by atoms with van der Waals surface area (Å²) in [5.74, 6) is 4.51. The molecule has 0 aromatic rings. The molecule has 0 bridgehead atoms. The van der Waals surface area contributed by atoms with Crippen LogP contribution in [0.25, 0.3) is 0 Å². The first-order chi connectivity index (χ1) is 7.83. The van der Waals surface area contributed by atoms with Crippen LogP contribution in [0.3, 0.4) is 0 Å². The second-order valence-corrected chi connectivity index (χ2v) is 5.21. The van der Waals surface area contributed by atoms with E-state index in [9.17, 15) is 0 Å². The Kier molecular flexibility index (Phi) is 23.7. The van der Waals surface area contributed by atoms with E-state index in [1.54, 1.807) is 6.21 Å². The quantitative estimate of drug-likeness (QED) is 0.291. The minimum absolute atomic E-state index is 0.929. The molecule has 0 fully saturated rings. The zero-order chi connectivity index (χ0) is 12.5.